The van der Waals surface area contributed by atoms with Gasteiger partial charge in [0.2, 0.25) is 0 Å². The molecule has 35 heavy (non-hydrogen) atoms. The van der Waals surface area contributed by atoms with Crippen LogP contribution in [0.4, 0.5) is 5.69 Å². The van der Waals surface area contributed by atoms with Gasteiger partial charge in [-0.1, -0.05) is 32.9 Å². The molecule has 8 heteroatoms. The summed E-state index contributed by atoms with van der Waals surface area (Å²) in [5.74, 6) is 1.68. The van der Waals surface area contributed by atoms with Crippen LogP contribution in [-0.2, 0) is 34.2 Å². The summed E-state index contributed by atoms with van der Waals surface area (Å²) >= 11 is 0. The summed E-state index contributed by atoms with van der Waals surface area (Å²) in [5.41, 5.74) is 3.96. The Labute approximate surface area is 211 Å². The van der Waals surface area contributed by atoms with Gasteiger partial charge in [-0.15, -0.1) is 0 Å². The Morgan fingerprint density at radius 3 is 2.54 bits per heavy atom. The molecule has 3 aromatic rings. The predicted octanol–water partition coefficient (Wildman–Crippen LogP) is 4.00. The summed E-state index contributed by atoms with van der Waals surface area (Å²) in [5, 5.41) is 12.1. The van der Waals surface area contributed by atoms with Crippen molar-refractivity contribution in [3.05, 3.63) is 53.9 Å². The van der Waals surface area contributed by atoms with E-state index in [1.807, 2.05) is 37.4 Å². The first-order valence-corrected chi connectivity index (χ1v) is 13.5. The Bertz CT molecular complexity index is 1150. The van der Waals surface area contributed by atoms with E-state index in [9.17, 15) is 4.21 Å². The molecule has 190 valence electrons. The lowest BCUT2D eigenvalue weighted by molar-refractivity contribution is 0.0611. The molecule has 1 aliphatic rings. The molecule has 1 aromatic heterocycles. The van der Waals surface area contributed by atoms with Crippen molar-refractivity contribution in [2.45, 2.75) is 57.0 Å². The molecule has 2 aromatic carbocycles. The molecule has 0 amide bonds. The SMILES string of the molecule is CN(c1ccc2c(c1)nc(C(C)(C)C)n2CC1CCOCC1)S(=O)c1ccc(CNCCO)cc1. The number of hydrogen-bond donors (Lipinski definition) is 2. The van der Waals surface area contributed by atoms with Crippen LogP contribution in [0.25, 0.3) is 11.0 Å². The van der Waals surface area contributed by atoms with Gasteiger partial charge in [-0.05, 0) is 54.7 Å². The van der Waals surface area contributed by atoms with Crippen molar-refractivity contribution in [3.63, 3.8) is 0 Å². The Morgan fingerprint density at radius 2 is 1.89 bits per heavy atom. The second-order valence-electron chi connectivity index (χ2n) is 10.3. The number of anilines is 1. The highest BCUT2D eigenvalue weighted by atomic mass is 32.2. The van der Waals surface area contributed by atoms with Gasteiger partial charge in [0.05, 0.1) is 28.2 Å². The molecular formula is C27H38N4O3S. The number of fused-ring (bicyclic) bond motifs is 1. The molecule has 2 N–H and O–H groups in total. The Hall–Kier alpha value is -2.26. The Balaban J connectivity index is 1.57. The summed E-state index contributed by atoms with van der Waals surface area (Å²) in [6.07, 6.45) is 2.17. The lowest BCUT2D eigenvalue weighted by Crippen LogP contribution is -2.25. The lowest BCUT2D eigenvalue weighted by atomic mass is 9.94. The van der Waals surface area contributed by atoms with E-state index in [4.69, 9.17) is 14.8 Å². The van der Waals surface area contributed by atoms with Crippen molar-refractivity contribution in [2.24, 2.45) is 5.92 Å². The number of nitrogens with one attached hydrogen (secondary N) is 1. The van der Waals surface area contributed by atoms with Crippen molar-refractivity contribution in [1.29, 1.82) is 0 Å². The van der Waals surface area contributed by atoms with Crippen molar-refractivity contribution in [1.82, 2.24) is 14.9 Å². The van der Waals surface area contributed by atoms with Gasteiger partial charge in [-0.3, -0.25) is 4.31 Å². The number of aromatic nitrogens is 2. The topological polar surface area (TPSA) is 79.6 Å². The lowest BCUT2D eigenvalue weighted by Gasteiger charge is -2.26. The summed E-state index contributed by atoms with van der Waals surface area (Å²) in [4.78, 5) is 5.80. The number of hydrogen-bond acceptors (Lipinski definition) is 5. The average Bonchev–Trinajstić information content (AvgIpc) is 3.22. The number of nitrogens with zero attached hydrogens (tertiary/aromatic N) is 3. The van der Waals surface area contributed by atoms with Gasteiger partial charge in [0, 0.05) is 45.3 Å². The molecule has 1 aliphatic heterocycles. The number of aliphatic hydroxyl groups excluding tert-OH is 1. The minimum absolute atomic E-state index is 0.0765. The van der Waals surface area contributed by atoms with Crippen LogP contribution in [0.1, 0.15) is 45.0 Å². The van der Waals surface area contributed by atoms with Crippen LogP contribution in [0.5, 0.6) is 0 Å². The summed E-state index contributed by atoms with van der Waals surface area (Å²) in [6.45, 7) is 10.6. The van der Waals surface area contributed by atoms with Crippen molar-refractivity contribution < 1.29 is 14.1 Å². The van der Waals surface area contributed by atoms with Crippen LogP contribution in [0.3, 0.4) is 0 Å². The maximum atomic E-state index is 13.3. The van der Waals surface area contributed by atoms with Crippen LogP contribution >= 0.6 is 0 Å². The second kappa shape index (κ2) is 11.2. The first kappa shape index (κ1) is 25.8. The van der Waals surface area contributed by atoms with Gasteiger partial charge < -0.3 is 19.7 Å². The van der Waals surface area contributed by atoms with E-state index in [2.05, 4.69) is 42.8 Å². The summed E-state index contributed by atoms with van der Waals surface area (Å²) in [7, 11) is 0.524. The number of rotatable bonds is 9. The molecule has 1 unspecified atom stereocenters. The predicted molar refractivity (Wildman–Crippen MR) is 142 cm³/mol. The van der Waals surface area contributed by atoms with Gasteiger partial charge in [-0.25, -0.2) is 9.19 Å². The minimum atomic E-state index is -1.33. The molecule has 0 radical (unpaired) electrons. The van der Waals surface area contributed by atoms with E-state index in [0.717, 1.165) is 65.6 Å². The molecule has 2 heterocycles. The molecule has 0 bridgehead atoms. The first-order valence-electron chi connectivity index (χ1n) is 12.4. The third-order valence-corrected chi connectivity index (χ3v) is 7.92. The fraction of sp³-hybridized carbons (Fsp3) is 0.519. The third kappa shape index (κ3) is 6.12. The fourth-order valence-electron chi connectivity index (χ4n) is 4.55. The highest BCUT2D eigenvalue weighted by Crippen LogP contribution is 2.31. The molecule has 4 rings (SSSR count). The summed E-state index contributed by atoms with van der Waals surface area (Å²) < 4.78 is 23.0. The van der Waals surface area contributed by atoms with Crippen LogP contribution < -0.4 is 9.62 Å². The van der Waals surface area contributed by atoms with E-state index in [0.29, 0.717) is 19.0 Å². The van der Waals surface area contributed by atoms with E-state index in [-0.39, 0.29) is 12.0 Å². The highest BCUT2D eigenvalue weighted by Gasteiger charge is 2.26. The van der Waals surface area contributed by atoms with E-state index in [1.54, 1.807) is 4.31 Å². The summed E-state index contributed by atoms with van der Waals surface area (Å²) in [6, 6.07) is 14.0. The number of aliphatic hydroxyl groups is 1. The van der Waals surface area contributed by atoms with Crippen LogP contribution in [0.2, 0.25) is 0 Å². The molecular weight excluding hydrogens is 460 g/mol. The second-order valence-corrected chi connectivity index (χ2v) is 11.8. The van der Waals surface area contributed by atoms with E-state index >= 15 is 0 Å². The van der Waals surface area contributed by atoms with Gasteiger partial charge in [0.1, 0.15) is 5.82 Å². The Morgan fingerprint density at radius 1 is 1.17 bits per heavy atom. The molecule has 1 atom stereocenters. The molecule has 1 saturated heterocycles. The van der Waals surface area contributed by atoms with Crippen LogP contribution in [0, 0.1) is 5.92 Å². The number of benzene rings is 2. The highest BCUT2D eigenvalue weighted by molar-refractivity contribution is 7.86. The monoisotopic (exact) mass is 498 g/mol. The Kier molecular flexibility index (Phi) is 8.27. The fourth-order valence-corrected chi connectivity index (χ4v) is 5.54. The minimum Gasteiger partial charge on any atom is -0.395 e. The zero-order valence-electron chi connectivity index (χ0n) is 21.3. The van der Waals surface area contributed by atoms with Crippen LogP contribution in [-0.4, -0.2) is 52.3 Å². The van der Waals surface area contributed by atoms with Crippen molar-refractivity contribution in [2.75, 3.05) is 37.7 Å². The third-order valence-electron chi connectivity index (χ3n) is 6.54. The smallest absolute Gasteiger partial charge is 0.152 e. The molecule has 0 aliphatic carbocycles. The molecule has 1 fully saturated rings. The maximum Gasteiger partial charge on any atom is 0.152 e. The number of imidazole rings is 1. The maximum absolute atomic E-state index is 13.3. The van der Waals surface area contributed by atoms with Gasteiger partial charge in [-0.2, -0.15) is 0 Å². The standard InChI is InChI=1S/C27H38N4O3S/c1-27(2,3)26-29-24-17-22(7-10-25(24)31(26)19-21-11-15-34-16-12-21)30(4)35(33)23-8-5-20(6-9-23)18-28-13-14-32/h5-10,17,21,28,32H,11-16,18-19H2,1-4H3. The molecule has 7 nitrogen and oxygen atoms in total. The molecule has 0 saturated carbocycles. The van der Waals surface area contributed by atoms with Gasteiger partial charge in [0.25, 0.3) is 0 Å². The van der Waals surface area contributed by atoms with Crippen LogP contribution in [0.15, 0.2) is 47.4 Å². The van der Waals surface area contributed by atoms with E-state index in [1.165, 1.54) is 0 Å². The van der Waals surface area contributed by atoms with Gasteiger partial charge >= 0.3 is 0 Å². The largest absolute Gasteiger partial charge is 0.395 e. The zero-order chi connectivity index (χ0) is 25.0. The van der Waals surface area contributed by atoms with Crippen molar-refractivity contribution >= 4 is 27.7 Å². The first-order chi connectivity index (χ1) is 16.8. The average molecular weight is 499 g/mol. The van der Waals surface area contributed by atoms with Crippen molar-refractivity contribution in [3.8, 4) is 0 Å². The normalized spacial score (nSPS) is 16.0. The van der Waals surface area contributed by atoms with Gasteiger partial charge in [0.15, 0.2) is 11.0 Å². The molecule has 0 spiro atoms. The quantitative estimate of drug-likeness (QED) is 0.436. The zero-order valence-corrected chi connectivity index (χ0v) is 22.1. The van der Waals surface area contributed by atoms with E-state index < -0.39 is 11.0 Å². The number of ether oxygens (including phenoxy) is 1.